The zero-order valence-corrected chi connectivity index (χ0v) is 10.7. The van der Waals surface area contributed by atoms with E-state index in [4.69, 9.17) is 14.7 Å². The van der Waals surface area contributed by atoms with Crippen molar-refractivity contribution in [3.63, 3.8) is 0 Å². The molecule has 3 heterocycles. The quantitative estimate of drug-likeness (QED) is 0.734. The molecule has 0 atom stereocenters. The summed E-state index contributed by atoms with van der Waals surface area (Å²) in [6.45, 7) is 0. The van der Waals surface area contributed by atoms with Gasteiger partial charge in [0.2, 0.25) is 11.7 Å². The maximum atomic E-state index is 5.55. The molecule has 3 rings (SSSR count). The molecule has 0 fully saturated rings. The van der Waals surface area contributed by atoms with E-state index in [1.54, 1.807) is 36.4 Å². The topological polar surface area (TPSA) is 91.0 Å². The number of anilines is 1. The Morgan fingerprint density at radius 1 is 1.44 bits per heavy atom. The molecule has 0 saturated heterocycles. The fourth-order valence-electron chi connectivity index (χ4n) is 1.29. The maximum Gasteiger partial charge on any atom is 0.238 e. The molecular formula is C10H8N4O2S2. The highest BCUT2D eigenvalue weighted by atomic mass is 32.2. The Labute approximate surface area is 110 Å². The van der Waals surface area contributed by atoms with E-state index in [1.807, 2.05) is 0 Å². The first-order valence-corrected chi connectivity index (χ1v) is 6.82. The number of thioether (sulfide) groups is 1. The average Bonchev–Trinajstić information content (AvgIpc) is 3.07. The molecule has 6 nitrogen and oxygen atoms in total. The lowest BCUT2D eigenvalue weighted by Crippen LogP contribution is -1.80. The maximum absolute atomic E-state index is 5.55. The van der Waals surface area contributed by atoms with Crippen molar-refractivity contribution < 1.29 is 8.94 Å². The normalized spacial score (nSPS) is 10.9. The van der Waals surface area contributed by atoms with E-state index in [0.717, 1.165) is 4.21 Å². The van der Waals surface area contributed by atoms with Gasteiger partial charge < -0.3 is 14.7 Å². The molecule has 0 bridgehead atoms. The second kappa shape index (κ2) is 4.83. The van der Waals surface area contributed by atoms with E-state index >= 15 is 0 Å². The molecule has 0 aromatic carbocycles. The van der Waals surface area contributed by atoms with Gasteiger partial charge in [0.25, 0.3) is 0 Å². The smallest absolute Gasteiger partial charge is 0.238 e. The number of aromatic nitrogens is 3. The van der Waals surface area contributed by atoms with Crippen LogP contribution in [0.25, 0.3) is 11.6 Å². The van der Waals surface area contributed by atoms with E-state index in [0.29, 0.717) is 28.4 Å². The first-order valence-electron chi connectivity index (χ1n) is 5.02. The van der Waals surface area contributed by atoms with Crippen LogP contribution in [0.15, 0.2) is 37.7 Å². The largest absolute Gasteiger partial charge is 0.461 e. The molecule has 0 aliphatic rings. The Morgan fingerprint density at radius 2 is 2.39 bits per heavy atom. The minimum absolute atomic E-state index is 0.458. The minimum atomic E-state index is 0.458. The molecule has 18 heavy (non-hydrogen) atoms. The minimum Gasteiger partial charge on any atom is -0.461 e. The SMILES string of the molecule is Nc1ncc(SCc2nc(-c3ccco3)no2)s1. The van der Waals surface area contributed by atoms with Crippen LogP contribution in [0.5, 0.6) is 0 Å². The number of rotatable bonds is 4. The molecule has 0 aliphatic carbocycles. The van der Waals surface area contributed by atoms with Crippen molar-refractivity contribution in [3.05, 3.63) is 30.5 Å². The molecule has 0 amide bonds. The number of furan rings is 1. The van der Waals surface area contributed by atoms with Crippen LogP contribution < -0.4 is 5.73 Å². The van der Waals surface area contributed by atoms with E-state index in [2.05, 4.69) is 15.1 Å². The fourth-order valence-corrected chi connectivity index (χ4v) is 2.89. The highest BCUT2D eigenvalue weighted by Crippen LogP contribution is 2.29. The standard InChI is InChI=1S/C10H8N4O2S2/c11-10-12-4-8(18-10)17-5-7-13-9(14-16-7)6-2-1-3-15-6/h1-4H,5H2,(H2,11,12). The second-order valence-corrected chi connectivity index (χ2v) is 5.63. The number of nitrogens with two attached hydrogens (primary N) is 1. The lowest BCUT2D eigenvalue weighted by molar-refractivity contribution is 0.390. The monoisotopic (exact) mass is 280 g/mol. The predicted octanol–water partition coefficient (Wildman–Crippen LogP) is 2.66. The van der Waals surface area contributed by atoms with Crippen molar-refractivity contribution in [2.75, 3.05) is 5.73 Å². The summed E-state index contributed by atoms with van der Waals surface area (Å²) in [5.74, 6) is 2.17. The van der Waals surface area contributed by atoms with Crippen LogP contribution >= 0.6 is 23.1 Å². The summed E-state index contributed by atoms with van der Waals surface area (Å²) >= 11 is 2.99. The van der Waals surface area contributed by atoms with Crippen molar-refractivity contribution in [1.82, 2.24) is 15.1 Å². The van der Waals surface area contributed by atoms with Gasteiger partial charge in [0.15, 0.2) is 10.9 Å². The van der Waals surface area contributed by atoms with Crippen molar-refractivity contribution >= 4 is 28.2 Å². The highest BCUT2D eigenvalue weighted by molar-refractivity contribution is 8.00. The van der Waals surface area contributed by atoms with Crippen molar-refractivity contribution in [3.8, 4) is 11.6 Å². The van der Waals surface area contributed by atoms with E-state index in [1.165, 1.54) is 11.3 Å². The first-order chi connectivity index (χ1) is 8.81. The van der Waals surface area contributed by atoms with Crippen LogP contribution in [0.1, 0.15) is 5.89 Å². The molecule has 92 valence electrons. The van der Waals surface area contributed by atoms with Crippen molar-refractivity contribution in [1.29, 1.82) is 0 Å². The Balaban J connectivity index is 1.67. The van der Waals surface area contributed by atoms with Gasteiger partial charge in [0.1, 0.15) is 0 Å². The second-order valence-electron chi connectivity index (χ2n) is 3.30. The van der Waals surface area contributed by atoms with Gasteiger partial charge in [0.05, 0.1) is 22.4 Å². The highest BCUT2D eigenvalue weighted by Gasteiger charge is 2.11. The fraction of sp³-hybridized carbons (Fsp3) is 0.100. The van der Waals surface area contributed by atoms with Gasteiger partial charge in [-0.1, -0.05) is 16.5 Å². The molecule has 2 N–H and O–H groups in total. The molecule has 0 aliphatic heterocycles. The molecule has 3 aromatic rings. The molecule has 0 radical (unpaired) electrons. The Hall–Kier alpha value is -1.80. The van der Waals surface area contributed by atoms with Crippen LogP contribution in [-0.2, 0) is 5.75 Å². The summed E-state index contributed by atoms with van der Waals surface area (Å²) in [5.41, 5.74) is 5.55. The van der Waals surface area contributed by atoms with Crippen LogP contribution in [0.4, 0.5) is 5.13 Å². The molecular weight excluding hydrogens is 272 g/mol. The third kappa shape index (κ3) is 2.39. The molecule has 0 unspecified atom stereocenters. The van der Waals surface area contributed by atoms with E-state index < -0.39 is 0 Å². The predicted molar refractivity (Wildman–Crippen MR) is 68.1 cm³/mol. The third-order valence-electron chi connectivity index (χ3n) is 2.05. The summed E-state index contributed by atoms with van der Waals surface area (Å²) in [6.07, 6.45) is 3.30. The average molecular weight is 280 g/mol. The van der Waals surface area contributed by atoms with Crippen LogP contribution in [-0.4, -0.2) is 15.1 Å². The number of hydrogen-bond donors (Lipinski definition) is 1. The van der Waals surface area contributed by atoms with Crippen molar-refractivity contribution in [2.24, 2.45) is 0 Å². The summed E-state index contributed by atoms with van der Waals surface area (Å²) in [7, 11) is 0. The number of hydrogen-bond acceptors (Lipinski definition) is 8. The lowest BCUT2D eigenvalue weighted by Gasteiger charge is -1.90. The lowest BCUT2D eigenvalue weighted by atomic mass is 10.4. The third-order valence-corrected chi connectivity index (χ3v) is 4.06. The Bertz CT molecular complexity index is 632. The molecule has 0 saturated carbocycles. The summed E-state index contributed by atoms with van der Waals surface area (Å²) in [4.78, 5) is 8.20. The number of nitrogen functional groups attached to an aromatic ring is 1. The first kappa shape index (κ1) is 11.3. The van der Waals surface area contributed by atoms with Gasteiger partial charge >= 0.3 is 0 Å². The molecule has 3 aromatic heterocycles. The van der Waals surface area contributed by atoms with E-state index in [9.17, 15) is 0 Å². The van der Waals surface area contributed by atoms with E-state index in [-0.39, 0.29) is 0 Å². The Kier molecular flexibility index (Phi) is 3.03. The zero-order chi connectivity index (χ0) is 12.4. The van der Waals surface area contributed by atoms with Crippen LogP contribution in [0.2, 0.25) is 0 Å². The van der Waals surface area contributed by atoms with Gasteiger partial charge in [-0.15, -0.1) is 11.8 Å². The molecule has 0 spiro atoms. The van der Waals surface area contributed by atoms with Gasteiger partial charge in [-0.25, -0.2) is 4.98 Å². The van der Waals surface area contributed by atoms with Crippen molar-refractivity contribution in [2.45, 2.75) is 9.96 Å². The summed E-state index contributed by atoms with van der Waals surface area (Å²) in [6, 6.07) is 3.56. The van der Waals surface area contributed by atoms with Crippen LogP contribution in [0, 0.1) is 0 Å². The summed E-state index contributed by atoms with van der Waals surface area (Å²) < 4.78 is 11.3. The zero-order valence-electron chi connectivity index (χ0n) is 9.07. The molecule has 8 heteroatoms. The van der Waals surface area contributed by atoms with Gasteiger partial charge in [-0.3, -0.25) is 0 Å². The summed E-state index contributed by atoms with van der Waals surface area (Å²) in [5, 5.41) is 4.40. The van der Waals surface area contributed by atoms with Gasteiger partial charge in [0, 0.05) is 0 Å². The van der Waals surface area contributed by atoms with Gasteiger partial charge in [-0.05, 0) is 12.1 Å². The van der Waals surface area contributed by atoms with Gasteiger partial charge in [-0.2, -0.15) is 4.98 Å². The van der Waals surface area contributed by atoms with Crippen LogP contribution in [0.3, 0.4) is 0 Å². The Morgan fingerprint density at radius 3 is 3.11 bits per heavy atom. The number of nitrogens with zero attached hydrogens (tertiary/aromatic N) is 3. The number of thiazole rings is 1.